The van der Waals surface area contributed by atoms with Gasteiger partial charge in [0.1, 0.15) is 6.04 Å². The van der Waals surface area contributed by atoms with E-state index < -0.39 is 12.0 Å². The number of carboxylic acids is 1. The van der Waals surface area contributed by atoms with E-state index in [1.807, 2.05) is 32.0 Å². The van der Waals surface area contributed by atoms with E-state index in [2.05, 4.69) is 10.6 Å². The molecule has 114 valence electrons. The van der Waals surface area contributed by atoms with Crippen LogP contribution in [0.2, 0.25) is 0 Å². The number of hydrogen-bond donors (Lipinski definition) is 3. The van der Waals surface area contributed by atoms with Gasteiger partial charge in [0, 0.05) is 11.4 Å². The van der Waals surface area contributed by atoms with Crippen LogP contribution in [-0.2, 0) is 14.4 Å². The second kappa shape index (κ2) is 8.31. The number of rotatable bonds is 8. The van der Waals surface area contributed by atoms with Gasteiger partial charge in [0.25, 0.3) is 0 Å². The molecule has 1 rings (SSSR count). The maximum absolute atomic E-state index is 11.8. The molecular formula is C14H18N2O4S. The molecule has 0 saturated heterocycles. The van der Waals surface area contributed by atoms with E-state index in [9.17, 15) is 14.4 Å². The zero-order chi connectivity index (χ0) is 15.8. The highest BCUT2D eigenvalue weighted by molar-refractivity contribution is 8.00. The van der Waals surface area contributed by atoms with Crippen LogP contribution in [-0.4, -0.2) is 40.9 Å². The number of aryl methyl sites for hydroxylation is 2. The number of carbonyl (C=O) groups excluding carboxylic acids is 2. The Morgan fingerprint density at radius 1 is 1.38 bits per heavy atom. The molecule has 21 heavy (non-hydrogen) atoms. The van der Waals surface area contributed by atoms with Crippen LogP contribution >= 0.6 is 11.8 Å². The highest BCUT2D eigenvalue weighted by atomic mass is 32.2. The first-order chi connectivity index (χ1) is 9.93. The molecule has 1 aromatic rings. The summed E-state index contributed by atoms with van der Waals surface area (Å²) < 4.78 is 0. The van der Waals surface area contributed by atoms with Crippen molar-refractivity contribution in [2.75, 3.05) is 16.8 Å². The number of thioether (sulfide) groups is 1. The summed E-state index contributed by atoms with van der Waals surface area (Å²) in [6, 6.07) is 4.78. The Balaban J connectivity index is 2.45. The van der Waals surface area contributed by atoms with Crippen LogP contribution in [0.1, 0.15) is 11.1 Å². The number of nitrogens with one attached hydrogen (secondary N) is 2. The molecule has 1 unspecified atom stereocenters. The summed E-state index contributed by atoms with van der Waals surface area (Å²) in [7, 11) is 0. The van der Waals surface area contributed by atoms with Gasteiger partial charge in [-0.15, -0.1) is 11.8 Å². The SMILES string of the molecule is Cc1ccc(C)c(NC(=O)CSCC(NC=O)C(=O)O)c1. The zero-order valence-corrected chi connectivity index (χ0v) is 12.7. The minimum atomic E-state index is -1.12. The number of hydrogen-bond acceptors (Lipinski definition) is 4. The van der Waals surface area contributed by atoms with E-state index in [1.165, 1.54) is 0 Å². The van der Waals surface area contributed by atoms with Crippen molar-refractivity contribution in [1.82, 2.24) is 5.32 Å². The summed E-state index contributed by atoms with van der Waals surface area (Å²) in [5, 5.41) is 13.8. The number of carbonyl (C=O) groups is 3. The molecule has 0 aromatic heterocycles. The van der Waals surface area contributed by atoms with Gasteiger partial charge in [0.2, 0.25) is 12.3 Å². The van der Waals surface area contributed by atoms with E-state index in [0.29, 0.717) is 6.41 Å². The monoisotopic (exact) mass is 310 g/mol. The number of anilines is 1. The second-order valence-electron chi connectivity index (χ2n) is 4.56. The molecule has 7 heteroatoms. The van der Waals surface area contributed by atoms with Crippen molar-refractivity contribution >= 4 is 35.7 Å². The molecule has 6 nitrogen and oxygen atoms in total. The lowest BCUT2D eigenvalue weighted by Gasteiger charge is -2.11. The van der Waals surface area contributed by atoms with Gasteiger partial charge < -0.3 is 15.7 Å². The van der Waals surface area contributed by atoms with Crippen LogP contribution in [0.25, 0.3) is 0 Å². The van der Waals surface area contributed by atoms with Crippen LogP contribution in [0.15, 0.2) is 18.2 Å². The lowest BCUT2D eigenvalue weighted by atomic mass is 10.1. The maximum Gasteiger partial charge on any atom is 0.327 e. The average molecular weight is 310 g/mol. The van der Waals surface area contributed by atoms with Crippen molar-refractivity contribution in [2.45, 2.75) is 19.9 Å². The maximum atomic E-state index is 11.8. The molecule has 0 heterocycles. The third-order valence-corrected chi connectivity index (χ3v) is 3.79. The van der Waals surface area contributed by atoms with Crippen molar-refractivity contribution in [3.63, 3.8) is 0 Å². The van der Waals surface area contributed by atoms with Crippen LogP contribution in [0.4, 0.5) is 5.69 Å². The quantitative estimate of drug-likeness (QED) is 0.627. The Morgan fingerprint density at radius 2 is 2.10 bits per heavy atom. The molecule has 2 amide bonds. The third-order valence-electron chi connectivity index (χ3n) is 2.75. The number of amides is 2. The standard InChI is InChI=1S/C14H18N2O4S/c1-9-3-4-10(2)11(5-9)16-13(18)7-21-6-12(14(19)20)15-8-17/h3-5,8,12H,6-7H2,1-2H3,(H,15,17)(H,16,18)(H,19,20). The zero-order valence-electron chi connectivity index (χ0n) is 11.9. The molecule has 0 radical (unpaired) electrons. The minimum Gasteiger partial charge on any atom is -0.480 e. The smallest absolute Gasteiger partial charge is 0.327 e. The Bertz CT molecular complexity index is 534. The van der Waals surface area contributed by atoms with Gasteiger partial charge in [-0.3, -0.25) is 9.59 Å². The first kappa shape index (κ1) is 17.0. The third kappa shape index (κ3) is 5.86. The first-order valence-electron chi connectivity index (χ1n) is 6.31. The fourth-order valence-corrected chi connectivity index (χ4v) is 2.45. The number of benzene rings is 1. The normalized spacial score (nSPS) is 11.5. The predicted octanol–water partition coefficient (Wildman–Crippen LogP) is 1.17. The molecule has 1 atom stereocenters. The van der Waals surface area contributed by atoms with E-state index >= 15 is 0 Å². The summed E-state index contributed by atoms with van der Waals surface area (Å²) >= 11 is 1.15. The highest BCUT2D eigenvalue weighted by Gasteiger charge is 2.16. The molecule has 1 aromatic carbocycles. The van der Waals surface area contributed by atoms with Gasteiger partial charge in [-0.1, -0.05) is 12.1 Å². The van der Waals surface area contributed by atoms with E-state index in [1.54, 1.807) is 0 Å². The van der Waals surface area contributed by atoms with E-state index in [-0.39, 0.29) is 17.4 Å². The van der Waals surface area contributed by atoms with Crippen molar-refractivity contribution in [1.29, 1.82) is 0 Å². The molecule has 0 aliphatic heterocycles. The van der Waals surface area contributed by atoms with Crippen LogP contribution < -0.4 is 10.6 Å². The molecule has 0 fully saturated rings. The molecule has 0 aliphatic rings. The van der Waals surface area contributed by atoms with Gasteiger partial charge in [0.05, 0.1) is 5.75 Å². The van der Waals surface area contributed by atoms with Crippen LogP contribution in [0, 0.1) is 13.8 Å². The minimum absolute atomic E-state index is 0.123. The molecule has 0 aliphatic carbocycles. The van der Waals surface area contributed by atoms with Gasteiger partial charge in [0.15, 0.2) is 0 Å². The predicted molar refractivity (Wildman–Crippen MR) is 82.5 cm³/mol. The molecule has 0 saturated carbocycles. The Kier molecular flexibility index (Phi) is 6.74. The number of carboxylic acid groups (broad SMARTS) is 1. The summed E-state index contributed by atoms with van der Waals surface area (Å²) in [6.07, 6.45) is 0.343. The van der Waals surface area contributed by atoms with E-state index in [4.69, 9.17) is 5.11 Å². The molecule has 0 bridgehead atoms. The van der Waals surface area contributed by atoms with Crippen LogP contribution in [0.3, 0.4) is 0 Å². The van der Waals surface area contributed by atoms with Crippen molar-refractivity contribution in [3.05, 3.63) is 29.3 Å². The fourth-order valence-electron chi connectivity index (χ4n) is 1.60. The largest absolute Gasteiger partial charge is 0.480 e. The van der Waals surface area contributed by atoms with Gasteiger partial charge in [-0.2, -0.15) is 0 Å². The summed E-state index contributed by atoms with van der Waals surface area (Å²) in [6.45, 7) is 3.84. The Hall–Kier alpha value is -2.02. The van der Waals surface area contributed by atoms with Crippen molar-refractivity contribution in [3.8, 4) is 0 Å². The number of aliphatic carboxylic acids is 1. The van der Waals surface area contributed by atoms with Crippen molar-refractivity contribution in [2.24, 2.45) is 0 Å². The fraction of sp³-hybridized carbons (Fsp3) is 0.357. The summed E-state index contributed by atoms with van der Waals surface area (Å²) in [5.41, 5.74) is 2.76. The van der Waals surface area contributed by atoms with Crippen LogP contribution in [0.5, 0.6) is 0 Å². The lowest BCUT2D eigenvalue weighted by Crippen LogP contribution is -2.38. The molecular weight excluding hydrogens is 292 g/mol. The van der Waals surface area contributed by atoms with E-state index in [0.717, 1.165) is 28.6 Å². The van der Waals surface area contributed by atoms with Gasteiger partial charge in [-0.25, -0.2) is 4.79 Å². The van der Waals surface area contributed by atoms with Gasteiger partial charge >= 0.3 is 5.97 Å². The topological polar surface area (TPSA) is 95.5 Å². The summed E-state index contributed by atoms with van der Waals surface area (Å²) in [4.78, 5) is 32.9. The lowest BCUT2D eigenvalue weighted by molar-refractivity contribution is -0.139. The molecule has 0 spiro atoms. The molecule has 3 N–H and O–H groups in total. The first-order valence-corrected chi connectivity index (χ1v) is 7.47. The summed E-state index contributed by atoms with van der Waals surface area (Å²) in [5.74, 6) is -1.07. The second-order valence-corrected chi connectivity index (χ2v) is 5.59. The van der Waals surface area contributed by atoms with Crippen molar-refractivity contribution < 1.29 is 19.5 Å². The van der Waals surface area contributed by atoms with Gasteiger partial charge in [-0.05, 0) is 31.0 Å². The Morgan fingerprint density at radius 3 is 2.71 bits per heavy atom. The Labute approximate surface area is 127 Å². The highest BCUT2D eigenvalue weighted by Crippen LogP contribution is 2.16. The average Bonchev–Trinajstić information content (AvgIpc) is 2.41.